The van der Waals surface area contributed by atoms with Gasteiger partial charge in [-0.25, -0.2) is 0 Å². The topological polar surface area (TPSA) is 58.0 Å². The predicted molar refractivity (Wildman–Crippen MR) is 65.1 cm³/mol. The summed E-state index contributed by atoms with van der Waals surface area (Å²) in [6.45, 7) is 0.651. The van der Waals surface area contributed by atoms with E-state index < -0.39 is 0 Å². The van der Waals surface area contributed by atoms with E-state index in [4.69, 9.17) is 0 Å². The van der Waals surface area contributed by atoms with Gasteiger partial charge in [0.15, 0.2) is 0 Å². The summed E-state index contributed by atoms with van der Waals surface area (Å²) in [6, 6.07) is 9.79. The van der Waals surface area contributed by atoms with Gasteiger partial charge in [-0.3, -0.25) is 9.97 Å². The molecule has 17 heavy (non-hydrogen) atoms. The van der Waals surface area contributed by atoms with E-state index in [0.717, 1.165) is 11.3 Å². The van der Waals surface area contributed by atoms with E-state index in [9.17, 15) is 5.11 Å². The smallest absolute Gasteiger partial charge is 0.0724 e. The van der Waals surface area contributed by atoms with Gasteiger partial charge in [0, 0.05) is 25.1 Å². The Morgan fingerprint density at radius 2 is 2.00 bits per heavy atom. The van der Waals surface area contributed by atoms with E-state index in [2.05, 4.69) is 15.3 Å². The van der Waals surface area contributed by atoms with Crippen LogP contribution in [-0.4, -0.2) is 21.7 Å². The molecule has 0 saturated heterocycles. The molecule has 0 aliphatic carbocycles. The Labute approximate surface area is 100 Å². The number of hydrogen-bond donors (Lipinski definition) is 2. The summed E-state index contributed by atoms with van der Waals surface area (Å²) in [5, 5.41) is 12.6. The predicted octanol–water partition coefficient (Wildman–Crippen LogP) is 1.30. The van der Waals surface area contributed by atoms with E-state index >= 15 is 0 Å². The van der Waals surface area contributed by atoms with Crippen LogP contribution in [0.25, 0.3) is 0 Å². The maximum absolute atomic E-state index is 9.36. The molecule has 0 fully saturated rings. The molecule has 2 N–H and O–H groups in total. The highest BCUT2D eigenvalue weighted by atomic mass is 16.3. The first-order valence-electron chi connectivity index (χ1n) is 5.54. The summed E-state index contributed by atoms with van der Waals surface area (Å²) in [6.07, 6.45) is 5.02. The first kappa shape index (κ1) is 11.7. The van der Waals surface area contributed by atoms with Gasteiger partial charge in [-0.1, -0.05) is 30.3 Å². The molecule has 0 aliphatic rings. The summed E-state index contributed by atoms with van der Waals surface area (Å²) < 4.78 is 0. The van der Waals surface area contributed by atoms with Crippen LogP contribution in [0.1, 0.15) is 17.3 Å². The zero-order chi connectivity index (χ0) is 11.9. The highest BCUT2D eigenvalue weighted by Crippen LogP contribution is 2.11. The molecule has 0 spiro atoms. The molecule has 4 heteroatoms. The Bertz CT molecular complexity index is 433. The van der Waals surface area contributed by atoms with Crippen LogP contribution >= 0.6 is 0 Å². The van der Waals surface area contributed by atoms with Gasteiger partial charge in [0.1, 0.15) is 0 Å². The molecule has 1 atom stereocenters. The molecule has 0 saturated carbocycles. The minimum absolute atomic E-state index is 0.0598. The molecule has 88 valence electrons. The SMILES string of the molecule is OC[C@H](NCc1cnccn1)c1ccccc1. The summed E-state index contributed by atoms with van der Waals surface area (Å²) in [7, 11) is 0. The average molecular weight is 229 g/mol. The molecule has 2 rings (SSSR count). The Balaban J connectivity index is 1.97. The van der Waals surface area contributed by atoms with Crippen LogP contribution in [0, 0.1) is 0 Å². The average Bonchev–Trinajstić information content (AvgIpc) is 2.42. The Morgan fingerprint density at radius 3 is 2.65 bits per heavy atom. The van der Waals surface area contributed by atoms with Crippen molar-refractivity contribution in [1.29, 1.82) is 0 Å². The molecule has 0 amide bonds. The lowest BCUT2D eigenvalue weighted by Gasteiger charge is -2.16. The second-order valence-electron chi connectivity index (χ2n) is 3.72. The van der Waals surface area contributed by atoms with Crippen LogP contribution in [0.2, 0.25) is 0 Å². The van der Waals surface area contributed by atoms with Crippen LogP contribution in [0.3, 0.4) is 0 Å². The second kappa shape index (κ2) is 6.08. The van der Waals surface area contributed by atoms with Gasteiger partial charge >= 0.3 is 0 Å². The lowest BCUT2D eigenvalue weighted by molar-refractivity contribution is 0.243. The van der Waals surface area contributed by atoms with E-state index in [1.807, 2.05) is 30.3 Å². The van der Waals surface area contributed by atoms with Crippen LogP contribution in [-0.2, 0) is 6.54 Å². The van der Waals surface area contributed by atoms with Gasteiger partial charge in [0.25, 0.3) is 0 Å². The minimum Gasteiger partial charge on any atom is -0.394 e. The van der Waals surface area contributed by atoms with Gasteiger partial charge in [-0.05, 0) is 5.56 Å². The van der Waals surface area contributed by atoms with Gasteiger partial charge in [0.05, 0.1) is 18.3 Å². The third-order valence-electron chi connectivity index (χ3n) is 2.53. The first-order chi connectivity index (χ1) is 8.40. The number of hydrogen-bond acceptors (Lipinski definition) is 4. The van der Waals surface area contributed by atoms with Crippen molar-refractivity contribution in [1.82, 2.24) is 15.3 Å². The zero-order valence-electron chi connectivity index (χ0n) is 9.45. The molecule has 0 unspecified atom stereocenters. The van der Waals surface area contributed by atoms with Crippen LogP contribution < -0.4 is 5.32 Å². The van der Waals surface area contributed by atoms with Gasteiger partial charge < -0.3 is 10.4 Å². The number of aromatic nitrogens is 2. The third kappa shape index (κ3) is 3.34. The Hall–Kier alpha value is -1.78. The van der Waals surface area contributed by atoms with Crippen molar-refractivity contribution in [2.75, 3.05) is 6.61 Å². The number of benzene rings is 1. The van der Waals surface area contributed by atoms with Gasteiger partial charge in [0.2, 0.25) is 0 Å². The number of aliphatic hydroxyl groups is 1. The van der Waals surface area contributed by atoms with Crippen molar-refractivity contribution in [3.63, 3.8) is 0 Å². The molecule has 4 nitrogen and oxygen atoms in total. The van der Waals surface area contributed by atoms with E-state index in [-0.39, 0.29) is 12.6 Å². The monoisotopic (exact) mass is 229 g/mol. The Kier molecular flexibility index (Phi) is 4.18. The summed E-state index contributed by atoms with van der Waals surface area (Å²) in [4.78, 5) is 8.17. The van der Waals surface area contributed by atoms with Crippen molar-refractivity contribution in [3.05, 3.63) is 60.2 Å². The standard InChI is InChI=1S/C13H15N3O/c17-10-13(11-4-2-1-3-5-11)16-9-12-8-14-6-7-15-12/h1-8,13,16-17H,9-10H2/t13-/m0/s1. The van der Waals surface area contributed by atoms with Crippen molar-refractivity contribution in [2.45, 2.75) is 12.6 Å². The third-order valence-corrected chi connectivity index (χ3v) is 2.53. The fourth-order valence-corrected chi connectivity index (χ4v) is 1.62. The van der Waals surface area contributed by atoms with Crippen LogP contribution in [0.4, 0.5) is 0 Å². The fraction of sp³-hybridized carbons (Fsp3) is 0.231. The van der Waals surface area contributed by atoms with Crippen molar-refractivity contribution < 1.29 is 5.11 Å². The molecule has 0 radical (unpaired) electrons. The highest BCUT2D eigenvalue weighted by Gasteiger charge is 2.08. The molecule has 2 aromatic rings. The number of aliphatic hydroxyl groups excluding tert-OH is 1. The maximum atomic E-state index is 9.36. The lowest BCUT2D eigenvalue weighted by Crippen LogP contribution is -2.24. The maximum Gasteiger partial charge on any atom is 0.0724 e. The largest absolute Gasteiger partial charge is 0.394 e. The molecule has 1 aromatic carbocycles. The van der Waals surface area contributed by atoms with Crippen molar-refractivity contribution in [2.24, 2.45) is 0 Å². The van der Waals surface area contributed by atoms with Crippen molar-refractivity contribution in [3.8, 4) is 0 Å². The van der Waals surface area contributed by atoms with Crippen LogP contribution in [0.5, 0.6) is 0 Å². The number of nitrogens with one attached hydrogen (secondary N) is 1. The molecule has 1 aromatic heterocycles. The van der Waals surface area contributed by atoms with Gasteiger partial charge in [-0.2, -0.15) is 0 Å². The summed E-state index contributed by atoms with van der Waals surface area (Å²) in [5.74, 6) is 0. The second-order valence-corrected chi connectivity index (χ2v) is 3.72. The molecular formula is C13H15N3O. The number of nitrogens with zero attached hydrogens (tertiary/aromatic N) is 2. The molecule has 0 bridgehead atoms. The normalized spacial score (nSPS) is 12.3. The lowest BCUT2D eigenvalue weighted by atomic mass is 10.1. The van der Waals surface area contributed by atoms with Crippen molar-refractivity contribution >= 4 is 0 Å². The first-order valence-corrected chi connectivity index (χ1v) is 5.54. The van der Waals surface area contributed by atoms with Gasteiger partial charge in [-0.15, -0.1) is 0 Å². The summed E-state index contributed by atoms with van der Waals surface area (Å²) in [5.41, 5.74) is 1.93. The fourth-order valence-electron chi connectivity index (χ4n) is 1.62. The molecule has 0 aliphatic heterocycles. The molecular weight excluding hydrogens is 214 g/mol. The Morgan fingerprint density at radius 1 is 1.18 bits per heavy atom. The minimum atomic E-state index is -0.0711. The number of rotatable bonds is 5. The van der Waals surface area contributed by atoms with E-state index in [0.29, 0.717) is 6.54 Å². The van der Waals surface area contributed by atoms with E-state index in [1.54, 1.807) is 18.6 Å². The quantitative estimate of drug-likeness (QED) is 0.811. The molecule has 1 heterocycles. The summed E-state index contributed by atoms with van der Waals surface area (Å²) >= 11 is 0. The zero-order valence-corrected chi connectivity index (χ0v) is 9.45. The van der Waals surface area contributed by atoms with E-state index in [1.165, 1.54) is 0 Å². The van der Waals surface area contributed by atoms with Crippen LogP contribution in [0.15, 0.2) is 48.9 Å². The highest BCUT2D eigenvalue weighted by molar-refractivity contribution is 5.19.